The van der Waals surface area contributed by atoms with E-state index in [4.69, 9.17) is 4.42 Å². The number of halogens is 1. The first kappa shape index (κ1) is 17.3. The van der Waals surface area contributed by atoms with Crippen LogP contribution in [0.2, 0.25) is 0 Å². The quantitative estimate of drug-likeness (QED) is 0.596. The molecule has 0 fully saturated rings. The number of aromatic hydroxyl groups is 2. The van der Waals surface area contributed by atoms with Gasteiger partial charge in [-0.3, -0.25) is 4.79 Å². The predicted octanol–water partition coefficient (Wildman–Crippen LogP) is 5.14. The molecule has 0 atom stereocenters. The lowest BCUT2D eigenvalue weighted by Crippen LogP contribution is -2.03. The minimum Gasteiger partial charge on any atom is -0.507 e. The minimum absolute atomic E-state index is 0.0795. The Labute approximate surface area is 153 Å². The van der Waals surface area contributed by atoms with E-state index in [9.17, 15) is 15.0 Å². The number of phenolic OH excluding ortho intramolecular Hbond substituents is 2. The fourth-order valence-corrected chi connectivity index (χ4v) is 2.88. The van der Waals surface area contributed by atoms with Gasteiger partial charge in [0.1, 0.15) is 28.2 Å². The smallest absolute Gasteiger partial charge is 0.197 e. The van der Waals surface area contributed by atoms with E-state index in [1.165, 1.54) is 12.1 Å². The summed E-state index contributed by atoms with van der Waals surface area (Å²) in [5, 5.41) is 20.4. The number of hydrogen-bond donors (Lipinski definition) is 2. The molecule has 2 N–H and O–H groups in total. The zero-order valence-electron chi connectivity index (χ0n) is 13.8. The highest BCUT2D eigenvalue weighted by atomic mass is 79.9. The molecular formula is C20H17BrO4. The number of hydrogen-bond acceptors (Lipinski definition) is 4. The SMILES string of the molecule is CC(C)=CCc1c(O)cc(O)c2c(=O)cc(-c3ccc(Br)cc3)oc12. The molecule has 25 heavy (non-hydrogen) atoms. The van der Waals surface area contributed by atoms with Gasteiger partial charge in [-0.15, -0.1) is 0 Å². The average Bonchev–Trinajstić information content (AvgIpc) is 2.54. The Bertz CT molecular complexity index is 1030. The summed E-state index contributed by atoms with van der Waals surface area (Å²) in [6.45, 7) is 3.89. The van der Waals surface area contributed by atoms with Gasteiger partial charge in [0.05, 0.1) is 0 Å². The van der Waals surface area contributed by atoms with Crippen molar-refractivity contribution in [2.45, 2.75) is 20.3 Å². The first-order valence-corrected chi connectivity index (χ1v) is 8.57. The van der Waals surface area contributed by atoms with Crippen LogP contribution in [-0.2, 0) is 6.42 Å². The van der Waals surface area contributed by atoms with E-state index < -0.39 is 0 Å². The molecule has 3 rings (SSSR count). The van der Waals surface area contributed by atoms with Gasteiger partial charge < -0.3 is 14.6 Å². The molecule has 0 aliphatic heterocycles. The minimum atomic E-state index is -0.352. The van der Waals surface area contributed by atoms with Gasteiger partial charge in [-0.2, -0.15) is 0 Å². The highest BCUT2D eigenvalue weighted by Gasteiger charge is 2.17. The van der Waals surface area contributed by atoms with Crippen molar-refractivity contribution in [2.24, 2.45) is 0 Å². The van der Waals surface area contributed by atoms with E-state index in [0.717, 1.165) is 15.6 Å². The zero-order valence-corrected chi connectivity index (χ0v) is 15.4. The summed E-state index contributed by atoms with van der Waals surface area (Å²) in [6.07, 6.45) is 2.33. The second-order valence-electron chi connectivity index (χ2n) is 6.06. The molecular weight excluding hydrogens is 384 g/mol. The van der Waals surface area contributed by atoms with E-state index in [1.54, 1.807) is 0 Å². The summed E-state index contributed by atoms with van der Waals surface area (Å²) in [7, 11) is 0. The monoisotopic (exact) mass is 400 g/mol. The van der Waals surface area contributed by atoms with Crippen molar-refractivity contribution in [1.29, 1.82) is 0 Å². The molecule has 0 bridgehead atoms. The van der Waals surface area contributed by atoms with Crippen molar-refractivity contribution in [3.8, 4) is 22.8 Å². The molecule has 128 valence electrons. The van der Waals surface area contributed by atoms with Gasteiger partial charge in [-0.1, -0.05) is 39.7 Å². The molecule has 0 unspecified atom stereocenters. The van der Waals surface area contributed by atoms with E-state index >= 15 is 0 Å². The Kier molecular flexibility index (Phi) is 4.68. The van der Waals surface area contributed by atoms with Crippen molar-refractivity contribution >= 4 is 26.9 Å². The Balaban J connectivity index is 2.30. The van der Waals surface area contributed by atoms with Gasteiger partial charge in [-0.25, -0.2) is 0 Å². The second kappa shape index (κ2) is 6.76. The van der Waals surface area contributed by atoms with Crippen LogP contribution in [0.5, 0.6) is 11.5 Å². The third kappa shape index (κ3) is 3.46. The van der Waals surface area contributed by atoms with Crippen LogP contribution in [0.25, 0.3) is 22.3 Å². The van der Waals surface area contributed by atoms with E-state index in [0.29, 0.717) is 17.7 Å². The molecule has 1 heterocycles. The highest BCUT2D eigenvalue weighted by molar-refractivity contribution is 9.10. The number of allylic oxidation sites excluding steroid dienone is 2. The van der Waals surface area contributed by atoms with Crippen molar-refractivity contribution in [1.82, 2.24) is 0 Å². The van der Waals surface area contributed by atoms with Gasteiger partial charge in [0, 0.05) is 27.7 Å². The normalized spacial score (nSPS) is 10.8. The van der Waals surface area contributed by atoms with Crippen LogP contribution in [0.4, 0.5) is 0 Å². The Morgan fingerprint density at radius 3 is 2.44 bits per heavy atom. The first-order chi connectivity index (χ1) is 11.9. The van der Waals surface area contributed by atoms with Crippen molar-refractivity contribution in [3.63, 3.8) is 0 Å². The van der Waals surface area contributed by atoms with Crippen molar-refractivity contribution < 1.29 is 14.6 Å². The average molecular weight is 401 g/mol. The zero-order chi connectivity index (χ0) is 18.1. The maximum Gasteiger partial charge on any atom is 0.197 e. The molecule has 0 saturated carbocycles. The van der Waals surface area contributed by atoms with Crippen LogP contribution in [0.3, 0.4) is 0 Å². The molecule has 5 heteroatoms. The van der Waals surface area contributed by atoms with Gasteiger partial charge in [0.15, 0.2) is 5.43 Å². The van der Waals surface area contributed by atoms with Gasteiger partial charge in [-0.05, 0) is 32.4 Å². The standard InChI is InChI=1S/C20H17BrO4/c1-11(2)3-8-14-15(22)9-16(23)19-17(24)10-18(25-20(14)19)12-4-6-13(21)7-5-12/h3-7,9-10,22-23H,8H2,1-2H3. The lowest BCUT2D eigenvalue weighted by molar-refractivity contribution is 0.448. The molecule has 0 spiro atoms. The van der Waals surface area contributed by atoms with Crippen LogP contribution in [0.1, 0.15) is 19.4 Å². The summed E-state index contributed by atoms with van der Waals surface area (Å²) in [5.74, 6) is -0.00314. The van der Waals surface area contributed by atoms with Crippen LogP contribution in [0, 0.1) is 0 Å². The lowest BCUT2D eigenvalue weighted by Gasteiger charge is -2.10. The number of fused-ring (bicyclic) bond motifs is 1. The highest BCUT2D eigenvalue weighted by Crippen LogP contribution is 2.35. The van der Waals surface area contributed by atoms with E-state index in [1.807, 2.05) is 44.2 Å². The first-order valence-electron chi connectivity index (χ1n) is 7.78. The molecule has 2 aromatic carbocycles. The van der Waals surface area contributed by atoms with Crippen LogP contribution >= 0.6 is 15.9 Å². The molecule has 4 nitrogen and oxygen atoms in total. The maximum atomic E-state index is 12.5. The predicted molar refractivity (Wildman–Crippen MR) is 102 cm³/mol. The third-order valence-corrected chi connectivity index (χ3v) is 4.43. The number of benzene rings is 2. The fraction of sp³-hybridized carbons (Fsp3) is 0.150. The summed E-state index contributed by atoms with van der Waals surface area (Å²) < 4.78 is 6.84. The summed E-state index contributed by atoms with van der Waals surface area (Å²) in [6, 6.07) is 9.89. The largest absolute Gasteiger partial charge is 0.507 e. The second-order valence-corrected chi connectivity index (χ2v) is 6.98. The van der Waals surface area contributed by atoms with Gasteiger partial charge in [0.2, 0.25) is 0 Å². The summed E-state index contributed by atoms with van der Waals surface area (Å²) in [5.41, 5.74) is 2.14. The summed E-state index contributed by atoms with van der Waals surface area (Å²) >= 11 is 3.37. The maximum absolute atomic E-state index is 12.5. The van der Waals surface area contributed by atoms with E-state index in [2.05, 4.69) is 15.9 Å². The van der Waals surface area contributed by atoms with Crippen LogP contribution in [0.15, 0.2) is 61.7 Å². The van der Waals surface area contributed by atoms with Gasteiger partial charge >= 0.3 is 0 Å². The van der Waals surface area contributed by atoms with Crippen molar-refractivity contribution in [2.75, 3.05) is 0 Å². The Hall–Kier alpha value is -2.53. The fourth-order valence-electron chi connectivity index (χ4n) is 2.61. The van der Waals surface area contributed by atoms with Crippen LogP contribution in [-0.4, -0.2) is 10.2 Å². The molecule has 0 aliphatic rings. The Morgan fingerprint density at radius 2 is 1.80 bits per heavy atom. The number of rotatable bonds is 3. The topological polar surface area (TPSA) is 70.7 Å². The molecule has 3 aromatic rings. The Morgan fingerprint density at radius 1 is 1.12 bits per heavy atom. The molecule has 0 radical (unpaired) electrons. The summed E-state index contributed by atoms with van der Waals surface area (Å²) in [4.78, 5) is 12.5. The molecule has 1 aromatic heterocycles. The van der Waals surface area contributed by atoms with Gasteiger partial charge in [0.25, 0.3) is 0 Å². The van der Waals surface area contributed by atoms with Crippen molar-refractivity contribution in [3.05, 3.63) is 68.3 Å². The molecule has 0 aliphatic carbocycles. The third-order valence-electron chi connectivity index (χ3n) is 3.90. The molecule has 0 amide bonds. The van der Waals surface area contributed by atoms with E-state index in [-0.39, 0.29) is 27.9 Å². The lowest BCUT2D eigenvalue weighted by atomic mass is 10.0. The van der Waals surface area contributed by atoms with Crippen LogP contribution < -0.4 is 5.43 Å². The molecule has 0 saturated heterocycles. The number of phenols is 2.